The molecule has 1 N–H and O–H groups in total. The van der Waals surface area contributed by atoms with Crippen LogP contribution >= 0.6 is 0 Å². The van der Waals surface area contributed by atoms with Crippen LogP contribution in [0.2, 0.25) is 0 Å². The van der Waals surface area contributed by atoms with Crippen LogP contribution in [0.15, 0.2) is 18.3 Å². The van der Waals surface area contributed by atoms with Crippen LogP contribution in [-0.2, 0) is 0 Å². The lowest BCUT2D eigenvalue weighted by atomic mass is 10.0. The molecule has 1 fully saturated rings. The third kappa shape index (κ3) is 2.74. The van der Waals surface area contributed by atoms with Gasteiger partial charge in [-0.25, -0.2) is 0 Å². The summed E-state index contributed by atoms with van der Waals surface area (Å²) in [6.07, 6.45) is 2.06. The van der Waals surface area contributed by atoms with Crippen molar-refractivity contribution in [3.8, 4) is 0 Å². The summed E-state index contributed by atoms with van der Waals surface area (Å²) in [4.78, 5) is 4.43. The van der Waals surface area contributed by atoms with E-state index < -0.39 is 0 Å². The topological polar surface area (TPSA) is 24.9 Å². The summed E-state index contributed by atoms with van der Waals surface area (Å²) in [6, 6.07) is 4.37. The largest absolute Gasteiger partial charge is 0.316 e. The molecule has 0 saturated heterocycles. The lowest BCUT2D eigenvalue weighted by Gasteiger charge is -2.07. The number of nitrogens with one attached hydrogen (secondary N) is 1. The first kappa shape index (κ1) is 13.5. The van der Waals surface area contributed by atoms with E-state index in [0.29, 0.717) is 11.3 Å². The molecule has 1 aliphatic rings. The van der Waals surface area contributed by atoms with Crippen molar-refractivity contribution in [3.63, 3.8) is 0 Å². The first-order chi connectivity index (χ1) is 8.43. The normalized spacial score (nSPS) is 25.4. The van der Waals surface area contributed by atoms with Crippen LogP contribution in [-0.4, -0.2) is 18.1 Å². The molecule has 0 bridgehead atoms. The van der Waals surface area contributed by atoms with E-state index in [1.807, 2.05) is 6.92 Å². The van der Waals surface area contributed by atoms with Gasteiger partial charge in [0.05, 0.1) is 0 Å². The molecule has 1 aromatic rings. The smallest absolute Gasteiger partial charge is 0.0372 e. The predicted molar refractivity (Wildman–Crippen MR) is 76.7 cm³/mol. The van der Waals surface area contributed by atoms with Crippen LogP contribution in [0.4, 0.5) is 0 Å². The molecule has 2 rings (SSSR count). The second-order valence-corrected chi connectivity index (χ2v) is 6.69. The van der Waals surface area contributed by atoms with Crippen molar-refractivity contribution in [3.05, 3.63) is 29.6 Å². The summed E-state index contributed by atoms with van der Waals surface area (Å²) in [5, 5.41) is 3.59. The summed E-state index contributed by atoms with van der Waals surface area (Å²) in [6.45, 7) is 13.6. The molecule has 0 spiro atoms. The van der Waals surface area contributed by atoms with E-state index in [0.717, 1.165) is 30.6 Å². The Labute approximate surface area is 111 Å². The predicted octanol–water partition coefficient (Wildman–Crippen LogP) is 3.38. The number of aryl methyl sites for hydroxylation is 1. The fraction of sp³-hybridized carbons (Fsp3) is 0.688. The van der Waals surface area contributed by atoms with Gasteiger partial charge in [-0.2, -0.15) is 0 Å². The summed E-state index contributed by atoms with van der Waals surface area (Å²) in [7, 11) is 0. The Balaban J connectivity index is 1.95. The van der Waals surface area contributed by atoms with E-state index in [1.165, 1.54) is 5.56 Å². The van der Waals surface area contributed by atoms with Crippen LogP contribution < -0.4 is 5.32 Å². The van der Waals surface area contributed by atoms with Crippen LogP contribution in [0.1, 0.15) is 44.9 Å². The third-order valence-electron chi connectivity index (χ3n) is 4.26. The molecular weight excluding hydrogens is 220 g/mol. The number of hydrogen-bond acceptors (Lipinski definition) is 2. The minimum atomic E-state index is 0.418. The maximum atomic E-state index is 4.43. The number of rotatable bonds is 5. The molecule has 1 aliphatic carbocycles. The summed E-state index contributed by atoms with van der Waals surface area (Å²) in [5.41, 5.74) is 2.93. The Bertz CT molecular complexity index is 392. The SMILES string of the molecule is Cc1ccc(C2C(CNCC(C)C)C2(C)C)cn1. The molecule has 0 radical (unpaired) electrons. The Morgan fingerprint density at radius 1 is 1.33 bits per heavy atom. The minimum Gasteiger partial charge on any atom is -0.316 e. The third-order valence-corrected chi connectivity index (χ3v) is 4.26. The molecule has 1 saturated carbocycles. The van der Waals surface area contributed by atoms with Crippen molar-refractivity contribution in [1.82, 2.24) is 10.3 Å². The molecule has 1 heterocycles. The molecule has 2 atom stereocenters. The quantitative estimate of drug-likeness (QED) is 0.861. The fourth-order valence-corrected chi connectivity index (χ4v) is 2.98. The van der Waals surface area contributed by atoms with Gasteiger partial charge in [0.2, 0.25) is 0 Å². The first-order valence-electron chi connectivity index (χ1n) is 7.06. The Morgan fingerprint density at radius 3 is 2.61 bits per heavy atom. The van der Waals surface area contributed by atoms with Crippen molar-refractivity contribution in [2.75, 3.05) is 13.1 Å². The number of hydrogen-bond donors (Lipinski definition) is 1. The van der Waals surface area contributed by atoms with Gasteiger partial charge in [0.25, 0.3) is 0 Å². The highest BCUT2D eigenvalue weighted by Crippen LogP contribution is 2.63. The highest BCUT2D eigenvalue weighted by Gasteiger charge is 2.57. The van der Waals surface area contributed by atoms with Gasteiger partial charge in [-0.05, 0) is 54.8 Å². The molecule has 2 unspecified atom stereocenters. The van der Waals surface area contributed by atoms with E-state index in [4.69, 9.17) is 0 Å². The molecule has 100 valence electrons. The molecule has 0 aromatic carbocycles. The molecule has 0 aliphatic heterocycles. The zero-order valence-electron chi connectivity index (χ0n) is 12.3. The Kier molecular flexibility index (Phi) is 3.76. The lowest BCUT2D eigenvalue weighted by Crippen LogP contribution is -2.23. The lowest BCUT2D eigenvalue weighted by molar-refractivity contribution is 0.487. The van der Waals surface area contributed by atoms with Crippen molar-refractivity contribution in [2.24, 2.45) is 17.3 Å². The zero-order chi connectivity index (χ0) is 13.3. The van der Waals surface area contributed by atoms with Gasteiger partial charge in [0, 0.05) is 11.9 Å². The van der Waals surface area contributed by atoms with Crippen molar-refractivity contribution < 1.29 is 0 Å². The molecule has 1 aromatic heterocycles. The second-order valence-electron chi connectivity index (χ2n) is 6.69. The monoisotopic (exact) mass is 246 g/mol. The highest BCUT2D eigenvalue weighted by molar-refractivity contribution is 5.30. The fourth-order valence-electron chi connectivity index (χ4n) is 2.98. The van der Waals surface area contributed by atoms with Gasteiger partial charge in [-0.3, -0.25) is 4.98 Å². The maximum Gasteiger partial charge on any atom is 0.0372 e. The van der Waals surface area contributed by atoms with Crippen LogP contribution in [0, 0.1) is 24.2 Å². The Hall–Kier alpha value is -0.890. The number of pyridine rings is 1. The molecule has 2 heteroatoms. The van der Waals surface area contributed by atoms with Crippen LogP contribution in [0.25, 0.3) is 0 Å². The minimum absolute atomic E-state index is 0.418. The van der Waals surface area contributed by atoms with E-state index in [1.54, 1.807) is 0 Å². The van der Waals surface area contributed by atoms with Gasteiger partial charge in [0.15, 0.2) is 0 Å². The van der Waals surface area contributed by atoms with Crippen molar-refractivity contribution >= 4 is 0 Å². The first-order valence-corrected chi connectivity index (χ1v) is 7.06. The van der Waals surface area contributed by atoms with E-state index in [9.17, 15) is 0 Å². The van der Waals surface area contributed by atoms with Crippen LogP contribution in [0.5, 0.6) is 0 Å². The zero-order valence-corrected chi connectivity index (χ0v) is 12.3. The second kappa shape index (κ2) is 5.00. The van der Waals surface area contributed by atoms with E-state index in [-0.39, 0.29) is 0 Å². The van der Waals surface area contributed by atoms with Gasteiger partial charge in [-0.15, -0.1) is 0 Å². The number of aromatic nitrogens is 1. The number of nitrogens with zero attached hydrogens (tertiary/aromatic N) is 1. The summed E-state index contributed by atoms with van der Waals surface area (Å²) < 4.78 is 0. The summed E-state index contributed by atoms with van der Waals surface area (Å²) in [5.74, 6) is 2.15. The van der Waals surface area contributed by atoms with E-state index >= 15 is 0 Å². The van der Waals surface area contributed by atoms with Gasteiger partial charge >= 0.3 is 0 Å². The van der Waals surface area contributed by atoms with Crippen molar-refractivity contribution in [1.29, 1.82) is 0 Å². The molecule has 0 amide bonds. The average molecular weight is 246 g/mol. The molecule has 18 heavy (non-hydrogen) atoms. The van der Waals surface area contributed by atoms with Gasteiger partial charge in [-0.1, -0.05) is 33.8 Å². The van der Waals surface area contributed by atoms with Gasteiger partial charge in [0.1, 0.15) is 0 Å². The summed E-state index contributed by atoms with van der Waals surface area (Å²) >= 11 is 0. The van der Waals surface area contributed by atoms with Crippen molar-refractivity contribution in [2.45, 2.75) is 40.5 Å². The molecule has 2 nitrogen and oxygen atoms in total. The van der Waals surface area contributed by atoms with Crippen LogP contribution in [0.3, 0.4) is 0 Å². The highest BCUT2D eigenvalue weighted by atomic mass is 14.9. The average Bonchev–Trinajstić information content (AvgIpc) is 2.82. The maximum absolute atomic E-state index is 4.43. The Morgan fingerprint density at radius 2 is 2.06 bits per heavy atom. The standard InChI is InChI=1S/C16H26N2/c1-11(2)8-17-10-14-15(16(14,4)5)13-7-6-12(3)18-9-13/h6-7,9,11,14-15,17H,8,10H2,1-5H3. The van der Waals surface area contributed by atoms with E-state index in [2.05, 4.69) is 56.3 Å². The van der Waals surface area contributed by atoms with Gasteiger partial charge < -0.3 is 5.32 Å². The molecular formula is C16H26N2.